The lowest BCUT2D eigenvalue weighted by molar-refractivity contribution is -0.236. The summed E-state index contributed by atoms with van der Waals surface area (Å²) in [6, 6.07) is 10.1. The minimum Gasteiger partial charge on any atom is -0.368 e. The highest BCUT2D eigenvalue weighted by molar-refractivity contribution is 5.13. The summed E-state index contributed by atoms with van der Waals surface area (Å²) in [5.41, 5.74) is 1.10. The SMILES string of the molecule is CC1(C)OCC([C@@H]2O[C@H]3OC(C)(C)OC3[C@H]2OCc2ccccc2)O1. The van der Waals surface area contributed by atoms with Crippen molar-refractivity contribution in [1.29, 1.82) is 0 Å². The number of rotatable bonds is 4. The van der Waals surface area contributed by atoms with Crippen LogP contribution in [0.25, 0.3) is 0 Å². The monoisotopic (exact) mass is 350 g/mol. The van der Waals surface area contributed by atoms with Crippen LogP contribution >= 0.6 is 0 Å². The van der Waals surface area contributed by atoms with Crippen molar-refractivity contribution in [3.05, 3.63) is 35.9 Å². The van der Waals surface area contributed by atoms with E-state index in [1.165, 1.54) is 0 Å². The fourth-order valence-corrected chi connectivity index (χ4v) is 3.64. The molecule has 138 valence electrons. The molecule has 1 aromatic carbocycles. The van der Waals surface area contributed by atoms with Gasteiger partial charge in [0.2, 0.25) is 0 Å². The van der Waals surface area contributed by atoms with Crippen molar-refractivity contribution in [2.45, 2.75) is 76.6 Å². The molecule has 0 aromatic heterocycles. The zero-order chi connectivity index (χ0) is 17.7. The van der Waals surface area contributed by atoms with Crippen LogP contribution in [0.1, 0.15) is 33.3 Å². The van der Waals surface area contributed by atoms with Crippen molar-refractivity contribution in [2.75, 3.05) is 6.61 Å². The Balaban J connectivity index is 1.50. The average molecular weight is 350 g/mol. The Morgan fingerprint density at radius 3 is 2.40 bits per heavy atom. The predicted octanol–water partition coefficient (Wildman–Crippen LogP) is 2.60. The molecule has 25 heavy (non-hydrogen) atoms. The highest BCUT2D eigenvalue weighted by atomic mass is 16.8. The summed E-state index contributed by atoms with van der Waals surface area (Å²) in [7, 11) is 0. The molecule has 0 aliphatic carbocycles. The maximum atomic E-state index is 6.22. The Morgan fingerprint density at radius 1 is 0.960 bits per heavy atom. The molecule has 0 saturated carbocycles. The Kier molecular flexibility index (Phi) is 4.38. The van der Waals surface area contributed by atoms with Crippen LogP contribution in [0, 0.1) is 0 Å². The summed E-state index contributed by atoms with van der Waals surface area (Å²) in [4.78, 5) is 0. The number of benzene rings is 1. The van der Waals surface area contributed by atoms with Crippen molar-refractivity contribution in [1.82, 2.24) is 0 Å². The summed E-state index contributed by atoms with van der Waals surface area (Å²) in [5, 5.41) is 0. The van der Waals surface area contributed by atoms with Gasteiger partial charge in [-0.1, -0.05) is 30.3 Å². The van der Waals surface area contributed by atoms with E-state index < -0.39 is 17.9 Å². The Bertz CT molecular complexity index is 601. The molecule has 3 aliphatic heterocycles. The molecule has 3 fully saturated rings. The predicted molar refractivity (Wildman–Crippen MR) is 88.6 cm³/mol. The summed E-state index contributed by atoms with van der Waals surface area (Å²) >= 11 is 0. The third-order valence-electron chi connectivity index (χ3n) is 4.71. The molecule has 1 aromatic rings. The van der Waals surface area contributed by atoms with Crippen LogP contribution < -0.4 is 0 Å². The largest absolute Gasteiger partial charge is 0.368 e. The number of hydrogen-bond acceptors (Lipinski definition) is 6. The second-order valence-electron chi connectivity index (χ2n) is 7.70. The molecule has 0 amide bonds. The topological polar surface area (TPSA) is 55.4 Å². The highest BCUT2D eigenvalue weighted by Crippen LogP contribution is 2.42. The standard InChI is InChI=1S/C19H26O6/c1-18(2)21-11-13(23-18)14-15(20-10-12-8-6-5-7-9-12)16-17(22-14)25-19(3,4)24-16/h5-9,13-17H,10-11H2,1-4H3/t13?,14-,15-,16?,17-/m0/s1. The lowest BCUT2D eigenvalue weighted by Crippen LogP contribution is -2.44. The molecule has 0 N–H and O–H groups in total. The third-order valence-corrected chi connectivity index (χ3v) is 4.71. The molecule has 6 nitrogen and oxygen atoms in total. The van der Waals surface area contributed by atoms with E-state index in [0.717, 1.165) is 5.56 Å². The third kappa shape index (κ3) is 3.60. The quantitative estimate of drug-likeness (QED) is 0.832. The van der Waals surface area contributed by atoms with Gasteiger partial charge in [0.25, 0.3) is 0 Å². The van der Waals surface area contributed by atoms with Crippen LogP contribution in [0.15, 0.2) is 30.3 Å². The molecule has 5 atom stereocenters. The van der Waals surface area contributed by atoms with Gasteiger partial charge in [-0.25, -0.2) is 0 Å². The van der Waals surface area contributed by atoms with Gasteiger partial charge in [0.15, 0.2) is 17.9 Å². The van der Waals surface area contributed by atoms with Crippen molar-refractivity contribution < 1.29 is 28.4 Å². The lowest BCUT2D eigenvalue weighted by atomic mass is 10.1. The van der Waals surface area contributed by atoms with E-state index in [9.17, 15) is 0 Å². The summed E-state index contributed by atoms with van der Waals surface area (Å²) < 4.78 is 36.0. The van der Waals surface area contributed by atoms with Gasteiger partial charge in [-0.2, -0.15) is 0 Å². The molecule has 2 unspecified atom stereocenters. The van der Waals surface area contributed by atoms with E-state index >= 15 is 0 Å². The normalized spacial score (nSPS) is 38.8. The molecule has 6 heteroatoms. The fourth-order valence-electron chi connectivity index (χ4n) is 3.64. The molecule has 3 saturated heterocycles. The van der Waals surface area contributed by atoms with Crippen LogP contribution in [-0.2, 0) is 35.0 Å². The zero-order valence-corrected chi connectivity index (χ0v) is 15.1. The van der Waals surface area contributed by atoms with Crippen molar-refractivity contribution >= 4 is 0 Å². The number of ether oxygens (including phenoxy) is 6. The molecule has 0 bridgehead atoms. The van der Waals surface area contributed by atoms with E-state index in [4.69, 9.17) is 28.4 Å². The first kappa shape index (κ1) is 17.4. The Morgan fingerprint density at radius 2 is 1.72 bits per heavy atom. The first-order chi connectivity index (χ1) is 11.8. The van der Waals surface area contributed by atoms with Gasteiger partial charge >= 0.3 is 0 Å². The number of fused-ring (bicyclic) bond motifs is 1. The maximum absolute atomic E-state index is 6.22. The molecule has 3 aliphatic rings. The van der Waals surface area contributed by atoms with E-state index in [1.54, 1.807) is 0 Å². The second-order valence-corrected chi connectivity index (χ2v) is 7.70. The van der Waals surface area contributed by atoms with E-state index in [2.05, 4.69) is 0 Å². The van der Waals surface area contributed by atoms with Crippen molar-refractivity contribution in [3.8, 4) is 0 Å². The van der Waals surface area contributed by atoms with Crippen molar-refractivity contribution in [2.24, 2.45) is 0 Å². The minimum absolute atomic E-state index is 0.211. The van der Waals surface area contributed by atoms with Crippen molar-refractivity contribution in [3.63, 3.8) is 0 Å². The van der Waals surface area contributed by atoms with Gasteiger partial charge in [0.05, 0.1) is 13.2 Å². The second kappa shape index (κ2) is 6.30. The van der Waals surface area contributed by atoms with Crippen LogP contribution in [0.3, 0.4) is 0 Å². The molecular weight excluding hydrogens is 324 g/mol. The van der Waals surface area contributed by atoms with Gasteiger partial charge in [0, 0.05) is 0 Å². The van der Waals surface area contributed by atoms with E-state index in [0.29, 0.717) is 13.2 Å². The first-order valence-corrected chi connectivity index (χ1v) is 8.81. The van der Waals surface area contributed by atoms with Gasteiger partial charge in [-0.3, -0.25) is 0 Å². The maximum Gasteiger partial charge on any atom is 0.190 e. The molecule has 0 spiro atoms. The van der Waals surface area contributed by atoms with Gasteiger partial charge in [0.1, 0.15) is 24.4 Å². The summed E-state index contributed by atoms with van der Waals surface area (Å²) in [5.74, 6) is -1.29. The van der Waals surface area contributed by atoms with Gasteiger partial charge < -0.3 is 28.4 Å². The summed E-state index contributed by atoms with van der Waals surface area (Å²) in [6.45, 7) is 8.52. The van der Waals surface area contributed by atoms with E-state index in [1.807, 2.05) is 58.0 Å². The van der Waals surface area contributed by atoms with Crippen LogP contribution in [-0.4, -0.2) is 48.9 Å². The molecular formula is C19H26O6. The highest BCUT2D eigenvalue weighted by Gasteiger charge is 2.58. The zero-order valence-electron chi connectivity index (χ0n) is 15.1. The lowest BCUT2D eigenvalue weighted by Gasteiger charge is -2.29. The average Bonchev–Trinajstić information content (AvgIpc) is 3.15. The van der Waals surface area contributed by atoms with Crippen LogP contribution in [0.4, 0.5) is 0 Å². The first-order valence-electron chi connectivity index (χ1n) is 8.81. The Hall–Kier alpha value is -1.02. The van der Waals surface area contributed by atoms with E-state index in [-0.39, 0.29) is 24.4 Å². The minimum atomic E-state index is -0.680. The Labute approximate surface area is 148 Å². The van der Waals surface area contributed by atoms with Gasteiger partial charge in [-0.05, 0) is 33.3 Å². The van der Waals surface area contributed by atoms with Gasteiger partial charge in [-0.15, -0.1) is 0 Å². The van der Waals surface area contributed by atoms with Crippen LogP contribution in [0.5, 0.6) is 0 Å². The smallest absolute Gasteiger partial charge is 0.190 e. The fraction of sp³-hybridized carbons (Fsp3) is 0.684. The molecule has 0 radical (unpaired) electrons. The molecule has 3 heterocycles. The number of hydrogen-bond donors (Lipinski definition) is 0. The molecule has 4 rings (SSSR count). The van der Waals surface area contributed by atoms with Crippen LogP contribution in [0.2, 0.25) is 0 Å². The summed E-state index contributed by atoms with van der Waals surface area (Å²) in [6.07, 6.45) is -1.52.